The van der Waals surface area contributed by atoms with Gasteiger partial charge in [-0.1, -0.05) is 30.3 Å². The highest BCUT2D eigenvalue weighted by atomic mass is 19.2. The van der Waals surface area contributed by atoms with Gasteiger partial charge < -0.3 is 73.0 Å². The number of ether oxygens (including phenoxy) is 1. The average Bonchev–Trinajstić information content (AvgIpc) is 1.79. The van der Waals surface area contributed by atoms with E-state index in [2.05, 4.69) is 132 Å². The predicted octanol–water partition coefficient (Wildman–Crippen LogP) is 14.4. The van der Waals surface area contributed by atoms with E-state index in [-0.39, 0.29) is 77.9 Å². The molecule has 36 nitrogen and oxygen atoms in total. The molecule has 11 aromatic heterocycles. The molecule has 5 saturated heterocycles. The number of hydrogen-bond acceptors (Lipinski definition) is 32. The van der Waals surface area contributed by atoms with E-state index >= 15 is 0 Å². The number of halogens is 8. The summed E-state index contributed by atoms with van der Waals surface area (Å²) in [4.78, 5) is 67.1. The third-order valence-electron chi connectivity index (χ3n) is 21.2. The fourth-order valence-corrected chi connectivity index (χ4v) is 15.6. The van der Waals surface area contributed by atoms with Crippen LogP contribution in [0.5, 0.6) is 0 Å². The molecule has 20 rings (SSSR count). The van der Waals surface area contributed by atoms with Gasteiger partial charge in [0.05, 0.1) is 59.3 Å². The van der Waals surface area contributed by atoms with Crippen molar-refractivity contribution in [2.24, 2.45) is 0 Å². The molecule has 5 atom stereocenters. The number of nitrogens with zero attached hydrogens (tertiary/aromatic N) is 22. The standard InChI is InChI=1S/2C21H19F2N9.C20H22F2N8O.C20H18F2N8O/c22-13-5-6-14(15(23)9-13)17-4-2-8-32(17)21-28-19(24)27-20(29-21)26-18-10-16(30-31-18)12-3-1-7-25-11-12;22-12-6-7-13(14(23)10-12)17-5-3-9-32(17)21-28-19(24)27-20(29-21)26-18-11-16(30-31-18)15-4-1-2-8-25-15;2*21-11-5-6-12(13(22)9-11)15-3-1-7-30(15)20-26-18(23)25-19(27-20)24-17-10-14(28-29-17)16-4-2-8-31-16/h1,3,5-7,9-11,17H,2,4,8H2,(H4,24,26,27,28,29,30,31);1-2,4,6-8,10-11,17H,3,5,9H2,(H4,24,26,27,28,29,30,31);5-6,9-10,15-16H,1-4,7-8H2,(H4,23,24,25,26,27,28,29);2,4-6,8-10,15H,1,3,7H2,(H4,23,24,25,26,27,28,29). The summed E-state index contributed by atoms with van der Waals surface area (Å²) in [7, 11) is 0. The number of furan rings is 1. The number of rotatable bonds is 20. The summed E-state index contributed by atoms with van der Waals surface area (Å²) in [6.45, 7) is 3.19. The lowest BCUT2D eigenvalue weighted by molar-refractivity contribution is 0.108. The van der Waals surface area contributed by atoms with Gasteiger partial charge in [-0.05, 0) is 125 Å². The zero-order valence-electron chi connectivity index (χ0n) is 66.6. The Morgan fingerprint density at radius 1 is 0.365 bits per heavy atom. The molecule has 16 N–H and O–H groups in total. The molecule has 44 heteroatoms. The van der Waals surface area contributed by atoms with E-state index in [9.17, 15) is 35.1 Å². The van der Waals surface area contributed by atoms with Gasteiger partial charge in [-0.3, -0.25) is 30.4 Å². The molecule has 5 aliphatic rings. The Bertz CT molecular complexity index is 6090. The third-order valence-corrected chi connectivity index (χ3v) is 21.2. The molecule has 0 aliphatic carbocycles. The maximum atomic E-state index is 14.4. The first-order chi connectivity index (χ1) is 61.3. The van der Waals surface area contributed by atoms with Crippen LogP contribution in [0.1, 0.15) is 122 Å². The number of aromatic nitrogens is 22. The maximum Gasteiger partial charge on any atom is 0.235 e. The quantitative estimate of drug-likeness (QED) is 0.0315. The Labute approximate surface area is 710 Å². The summed E-state index contributed by atoms with van der Waals surface area (Å²) < 4.78 is 122. The first-order valence-corrected chi connectivity index (χ1v) is 40.0. The van der Waals surface area contributed by atoms with Gasteiger partial charge >= 0.3 is 0 Å². The van der Waals surface area contributed by atoms with Crippen LogP contribution in [0.4, 0.5) is 130 Å². The van der Waals surface area contributed by atoms with Crippen LogP contribution in [-0.2, 0) is 4.74 Å². The molecule has 0 amide bonds. The van der Waals surface area contributed by atoms with E-state index in [1.165, 1.54) is 48.5 Å². The molecule has 15 aromatic rings. The van der Waals surface area contributed by atoms with E-state index < -0.39 is 46.5 Å². The van der Waals surface area contributed by atoms with Crippen molar-refractivity contribution < 1.29 is 44.3 Å². The molecule has 5 fully saturated rings. The summed E-state index contributed by atoms with van der Waals surface area (Å²) in [5, 5.41) is 40.6. The molecule has 0 spiro atoms. The lowest BCUT2D eigenvalue weighted by Crippen LogP contribution is -2.26. The molecule has 0 radical (unpaired) electrons. The molecular formula is C82H78F8N34O2. The van der Waals surface area contributed by atoms with Gasteiger partial charge in [0.2, 0.25) is 71.4 Å². The zero-order chi connectivity index (χ0) is 86.9. The summed E-state index contributed by atoms with van der Waals surface area (Å²) >= 11 is 0. The second-order valence-corrected chi connectivity index (χ2v) is 29.5. The largest absolute Gasteiger partial charge is 0.463 e. The number of nitrogens with one attached hydrogen (secondary N) is 8. The van der Waals surface area contributed by atoms with Gasteiger partial charge in [-0.2, -0.15) is 80.2 Å². The normalized spacial score (nSPS) is 17.2. The van der Waals surface area contributed by atoms with E-state index in [1.807, 2.05) is 56.0 Å². The number of nitrogens with two attached hydrogens (primary N) is 4. The summed E-state index contributed by atoms with van der Waals surface area (Å²) in [5.74, 6) is -0.0363. The predicted molar refractivity (Wildman–Crippen MR) is 449 cm³/mol. The highest BCUT2D eigenvalue weighted by Gasteiger charge is 2.36. The minimum atomic E-state index is -0.616. The average molecular weight is 1720 g/mol. The first-order valence-electron chi connectivity index (χ1n) is 40.0. The van der Waals surface area contributed by atoms with Crippen LogP contribution in [0.3, 0.4) is 0 Å². The molecule has 644 valence electrons. The van der Waals surface area contributed by atoms with E-state index in [0.717, 1.165) is 97.7 Å². The molecule has 16 heterocycles. The fourth-order valence-electron chi connectivity index (χ4n) is 15.6. The Morgan fingerprint density at radius 2 is 0.762 bits per heavy atom. The minimum absolute atomic E-state index is 0.0120. The molecule has 5 unspecified atom stereocenters. The lowest BCUT2D eigenvalue weighted by Gasteiger charge is -2.25. The smallest absolute Gasteiger partial charge is 0.235 e. The van der Waals surface area contributed by atoms with Crippen LogP contribution >= 0.6 is 0 Å². The maximum absolute atomic E-state index is 14.4. The van der Waals surface area contributed by atoms with Gasteiger partial charge in [0.15, 0.2) is 29.0 Å². The van der Waals surface area contributed by atoms with E-state index in [1.54, 1.807) is 55.2 Å². The van der Waals surface area contributed by atoms with Crippen molar-refractivity contribution in [3.63, 3.8) is 0 Å². The van der Waals surface area contributed by atoms with Crippen LogP contribution in [0.15, 0.2) is 169 Å². The topological polar surface area (TPSA) is 483 Å². The van der Waals surface area contributed by atoms with Crippen LogP contribution in [-0.4, -0.2) is 143 Å². The van der Waals surface area contributed by atoms with Crippen molar-refractivity contribution in [1.29, 1.82) is 0 Å². The molecule has 126 heavy (non-hydrogen) atoms. The SMILES string of the molecule is Nc1nc(Nc2cc(-c3ccccn3)[nH]n2)nc(N2CCCC2c2ccc(F)cc2F)n1.Nc1nc(Nc2cc(-c3cccnc3)[nH]n2)nc(N2CCCC2c2ccc(F)cc2F)n1.Nc1nc(Nc2cc(-c3ccco3)[nH]n2)nc(N2CCCC2c2ccc(F)cc2F)n1.Nc1nc(Nc2cc(C3CCCO3)[nH]n2)nc(N2CCCC2c2ccc(F)cc2F)n1. The highest BCUT2D eigenvalue weighted by molar-refractivity contribution is 5.66. The Hall–Kier alpha value is -15.7. The minimum Gasteiger partial charge on any atom is -0.463 e. The van der Waals surface area contributed by atoms with Gasteiger partial charge in [0, 0.05) is 128 Å². The van der Waals surface area contributed by atoms with E-state index in [0.29, 0.717) is 133 Å². The van der Waals surface area contributed by atoms with Crippen molar-refractivity contribution in [2.45, 2.75) is 94.5 Å². The highest BCUT2D eigenvalue weighted by Crippen LogP contribution is 2.42. The number of aromatic amines is 4. The Balaban J connectivity index is 0.000000119. The van der Waals surface area contributed by atoms with Crippen LogP contribution in [0.2, 0.25) is 0 Å². The number of pyridine rings is 2. The van der Waals surface area contributed by atoms with Crippen molar-refractivity contribution in [3.05, 3.63) is 239 Å². The summed E-state index contributed by atoms with van der Waals surface area (Å²) in [6.07, 6.45) is 14.6. The molecule has 0 bridgehead atoms. The van der Waals surface area contributed by atoms with Crippen molar-refractivity contribution in [1.82, 2.24) is 111 Å². The van der Waals surface area contributed by atoms with Gasteiger partial charge in [-0.25, -0.2) is 35.1 Å². The van der Waals surface area contributed by atoms with E-state index in [4.69, 9.17) is 32.1 Å². The number of benzene rings is 4. The van der Waals surface area contributed by atoms with Gasteiger partial charge in [0.1, 0.15) is 52.2 Å². The monoisotopic (exact) mass is 1720 g/mol. The van der Waals surface area contributed by atoms with Crippen molar-refractivity contribution in [2.75, 3.05) is 96.6 Å². The number of H-pyrrole nitrogens is 4. The zero-order valence-corrected chi connectivity index (χ0v) is 66.6. The fraction of sp³-hybridized carbons (Fsp3) is 0.244. The summed E-state index contributed by atoms with van der Waals surface area (Å²) in [5.41, 5.74) is 29.9. The summed E-state index contributed by atoms with van der Waals surface area (Å²) in [6, 6.07) is 33.2. The van der Waals surface area contributed by atoms with Gasteiger partial charge in [0.25, 0.3) is 0 Å². The lowest BCUT2D eigenvalue weighted by atomic mass is 10.0. The van der Waals surface area contributed by atoms with Crippen LogP contribution in [0, 0.1) is 46.5 Å². The van der Waals surface area contributed by atoms with Crippen molar-refractivity contribution in [3.8, 4) is 34.1 Å². The second kappa shape index (κ2) is 37.0. The number of anilines is 16. The third kappa shape index (κ3) is 19.3. The number of nitrogen functional groups attached to an aromatic ring is 4. The molecule has 5 aliphatic heterocycles. The van der Waals surface area contributed by atoms with Crippen LogP contribution < -0.4 is 63.8 Å². The molecule has 0 saturated carbocycles. The first kappa shape index (κ1) is 82.6. The Kier molecular flexibility index (Phi) is 24.2. The molecule has 4 aromatic carbocycles. The Morgan fingerprint density at radius 3 is 1.13 bits per heavy atom. The molecular weight excluding hydrogens is 1650 g/mol. The number of hydrogen-bond donors (Lipinski definition) is 12. The van der Waals surface area contributed by atoms with Crippen LogP contribution in [0.25, 0.3) is 34.1 Å². The van der Waals surface area contributed by atoms with Gasteiger partial charge in [-0.15, -0.1) is 0 Å². The second-order valence-electron chi connectivity index (χ2n) is 29.5. The van der Waals surface area contributed by atoms with Crippen molar-refractivity contribution >= 4 is 94.7 Å².